The van der Waals surface area contributed by atoms with Crippen LogP contribution >= 0.6 is 11.3 Å². The molecule has 0 unspecified atom stereocenters. The Morgan fingerprint density at radius 2 is 2.29 bits per heavy atom. The highest BCUT2D eigenvalue weighted by Gasteiger charge is 2.21. The molecule has 0 atom stereocenters. The summed E-state index contributed by atoms with van der Waals surface area (Å²) in [5, 5.41) is 25.1. The highest BCUT2D eigenvalue weighted by molar-refractivity contribution is 7.09. The van der Waals surface area contributed by atoms with E-state index in [1.165, 1.54) is 11.3 Å². The third-order valence-corrected chi connectivity index (χ3v) is 3.49. The van der Waals surface area contributed by atoms with Gasteiger partial charge in [-0.2, -0.15) is 0 Å². The van der Waals surface area contributed by atoms with Crippen LogP contribution in [0, 0.1) is 15.9 Å². The fourth-order valence-electron chi connectivity index (χ4n) is 1.70. The van der Waals surface area contributed by atoms with Crippen LogP contribution in [0.3, 0.4) is 0 Å². The molecule has 0 radical (unpaired) electrons. The Bertz CT molecular complexity index is 675. The zero-order valence-corrected chi connectivity index (χ0v) is 11.4. The highest BCUT2D eigenvalue weighted by Crippen LogP contribution is 2.28. The van der Waals surface area contributed by atoms with Gasteiger partial charge < -0.3 is 10.4 Å². The summed E-state index contributed by atoms with van der Waals surface area (Å²) in [5.41, 5.74) is -1.26. The fraction of sp³-hybridized carbons (Fsp3) is 0.167. The maximum atomic E-state index is 13.6. The highest BCUT2D eigenvalue weighted by atomic mass is 32.1. The van der Waals surface area contributed by atoms with Crippen LogP contribution in [0.15, 0.2) is 23.7 Å². The van der Waals surface area contributed by atoms with Gasteiger partial charge in [-0.15, -0.1) is 11.3 Å². The first-order valence-electron chi connectivity index (χ1n) is 5.82. The van der Waals surface area contributed by atoms with Gasteiger partial charge in [0.15, 0.2) is 0 Å². The van der Waals surface area contributed by atoms with Crippen LogP contribution in [-0.2, 0) is 6.42 Å². The lowest BCUT2D eigenvalue weighted by Crippen LogP contribution is -2.09. The number of hydrogen-bond donors (Lipinski definition) is 2. The number of halogens is 1. The van der Waals surface area contributed by atoms with Crippen molar-refractivity contribution in [2.45, 2.75) is 6.42 Å². The Kier molecular flexibility index (Phi) is 4.43. The van der Waals surface area contributed by atoms with Crippen molar-refractivity contribution >= 4 is 28.7 Å². The third-order valence-electron chi connectivity index (χ3n) is 2.65. The molecule has 2 N–H and O–H groups in total. The van der Waals surface area contributed by atoms with Crippen LogP contribution < -0.4 is 5.32 Å². The second-order valence-electron chi connectivity index (χ2n) is 4.01. The minimum Gasteiger partial charge on any atom is -0.478 e. The van der Waals surface area contributed by atoms with Crippen molar-refractivity contribution in [2.24, 2.45) is 0 Å². The van der Waals surface area contributed by atoms with E-state index in [-0.39, 0.29) is 5.69 Å². The monoisotopic (exact) mass is 311 g/mol. The Labute approximate surface area is 122 Å². The summed E-state index contributed by atoms with van der Waals surface area (Å²) in [5.74, 6) is -2.57. The average Bonchev–Trinajstić information content (AvgIpc) is 2.91. The van der Waals surface area contributed by atoms with Crippen molar-refractivity contribution in [3.05, 3.63) is 50.2 Å². The molecule has 0 aliphatic rings. The second kappa shape index (κ2) is 6.27. The number of carbonyl (C=O) groups is 1. The van der Waals surface area contributed by atoms with Gasteiger partial charge in [0, 0.05) is 36.7 Å². The summed E-state index contributed by atoms with van der Waals surface area (Å²) in [6.07, 6.45) is 2.17. The van der Waals surface area contributed by atoms with Gasteiger partial charge in [-0.05, 0) is 0 Å². The molecular formula is C12H10FN3O4S. The molecule has 0 fully saturated rings. The molecule has 2 rings (SSSR count). The summed E-state index contributed by atoms with van der Waals surface area (Å²) in [6.45, 7) is 0.320. The van der Waals surface area contributed by atoms with E-state index in [1.807, 2.05) is 0 Å². The summed E-state index contributed by atoms with van der Waals surface area (Å²) >= 11 is 1.44. The quantitative estimate of drug-likeness (QED) is 0.627. The number of aromatic nitrogens is 1. The molecular weight excluding hydrogens is 301 g/mol. The minimum atomic E-state index is -1.55. The molecule has 110 valence electrons. The molecule has 21 heavy (non-hydrogen) atoms. The van der Waals surface area contributed by atoms with Crippen LogP contribution in [0.25, 0.3) is 0 Å². The maximum Gasteiger partial charge on any atom is 0.338 e. The molecule has 1 heterocycles. The first-order valence-corrected chi connectivity index (χ1v) is 6.70. The summed E-state index contributed by atoms with van der Waals surface area (Å²) in [6, 6.07) is 1.53. The summed E-state index contributed by atoms with van der Waals surface area (Å²) in [4.78, 5) is 25.0. The number of aromatic carboxylic acids is 1. The van der Waals surface area contributed by atoms with Crippen LogP contribution in [0.2, 0.25) is 0 Å². The zero-order chi connectivity index (χ0) is 15.4. The van der Waals surface area contributed by atoms with E-state index >= 15 is 0 Å². The molecule has 2 aromatic rings. The molecule has 9 heteroatoms. The molecule has 0 aliphatic heterocycles. The molecule has 0 aliphatic carbocycles. The first-order chi connectivity index (χ1) is 9.99. The van der Waals surface area contributed by atoms with Crippen molar-refractivity contribution < 1.29 is 19.2 Å². The lowest BCUT2D eigenvalue weighted by molar-refractivity contribution is -0.384. The van der Waals surface area contributed by atoms with Gasteiger partial charge in [-0.1, -0.05) is 0 Å². The Hall–Kier alpha value is -2.55. The Morgan fingerprint density at radius 3 is 2.86 bits per heavy atom. The van der Waals surface area contributed by atoms with Gasteiger partial charge >= 0.3 is 5.97 Å². The van der Waals surface area contributed by atoms with Crippen LogP contribution in [0.4, 0.5) is 15.8 Å². The van der Waals surface area contributed by atoms with Crippen molar-refractivity contribution in [2.75, 3.05) is 11.9 Å². The number of rotatable bonds is 6. The maximum absolute atomic E-state index is 13.6. The summed E-state index contributed by atoms with van der Waals surface area (Å²) in [7, 11) is 0. The van der Waals surface area contributed by atoms with Gasteiger partial charge in [0.25, 0.3) is 5.69 Å². The van der Waals surface area contributed by atoms with E-state index in [0.29, 0.717) is 19.0 Å². The molecule has 1 aromatic carbocycles. The predicted molar refractivity (Wildman–Crippen MR) is 74.3 cm³/mol. The number of nitrogens with zero attached hydrogens (tertiary/aromatic N) is 2. The fourth-order valence-corrected chi connectivity index (χ4v) is 2.32. The van der Waals surface area contributed by atoms with Crippen molar-refractivity contribution in [1.82, 2.24) is 4.98 Å². The van der Waals surface area contributed by atoms with Crippen LogP contribution in [-0.4, -0.2) is 27.5 Å². The third kappa shape index (κ3) is 3.51. The molecule has 0 saturated carbocycles. The number of anilines is 1. The van der Waals surface area contributed by atoms with Gasteiger partial charge in [0.05, 0.1) is 9.93 Å². The molecule has 1 aromatic heterocycles. The number of nitro benzene ring substituents is 1. The Balaban J connectivity index is 2.19. The topological polar surface area (TPSA) is 105 Å². The molecule has 0 spiro atoms. The van der Waals surface area contributed by atoms with Gasteiger partial charge in [-0.25, -0.2) is 14.2 Å². The smallest absolute Gasteiger partial charge is 0.338 e. The first kappa shape index (κ1) is 14.9. The number of nitro groups is 1. The van der Waals surface area contributed by atoms with Gasteiger partial charge in [-0.3, -0.25) is 10.1 Å². The molecule has 0 saturated heterocycles. The molecule has 0 bridgehead atoms. The number of hydrogen-bond acceptors (Lipinski definition) is 6. The lowest BCUT2D eigenvalue weighted by Gasteiger charge is -2.07. The van der Waals surface area contributed by atoms with Crippen molar-refractivity contribution in [3.63, 3.8) is 0 Å². The second-order valence-corrected chi connectivity index (χ2v) is 4.99. The van der Waals surface area contributed by atoms with E-state index in [4.69, 9.17) is 5.11 Å². The zero-order valence-electron chi connectivity index (χ0n) is 10.6. The van der Waals surface area contributed by atoms with Crippen LogP contribution in [0.1, 0.15) is 15.4 Å². The van der Waals surface area contributed by atoms with Crippen LogP contribution in [0.5, 0.6) is 0 Å². The number of carboxylic acids is 1. The van der Waals surface area contributed by atoms with Crippen molar-refractivity contribution in [1.29, 1.82) is 0 Å². The van der Waals surface area contributed by atoms with E-state index in [2.05, 4.69) is 10.3 Å². The average molecular weight is 311 g/mol. The van der Waals surface area contributed by atoms with Gasteiger partial charge in [0.1, 0.15) is 17.1 Å². The number of carboxylic acid groups (broad SMARTS) is 1. The van der Waals surface area contributed by atoms with E-state index in [9.17, 15) is 19.3 Å². The minimum absolute atomic E-state index is 0.0564. The Morgan fingerprint density at radius 1 is 1.52 bits per heavy atom. The summed E-state index contributed by atoms with van der Waals surface area (Å²) < 4.78 is 13.6. The lowest BCUT2D eigenvalue weighted by atomic mass is 10.1. The number of nitrogens with one attached hydrogen (secondary N) is 1. The predicted octanol–water partition coefficient (Wildman–Crippen LogP) is 2.54. The normalized spacial score (nSPS) is 10.3. The number of benzene rings is 1. The largest absolute Gasteiger partial charge is 0.478 e. The number of thiazole rings is 1. The van der Waals surface area contributed by atoms with E-state index < -0.39 is 28.0 Å². The van der Waals surface area contributed by atoms with E-state index in [1.54, 1.807) is 11.6 Å². The van der Waals surface area contributed by atoms with E-state index in [0.717, 1.165) is 11.1 Å². The molecule has 0 amide bonds. The SMILES string of the molecule is O=C(O)c1cc([N+](=O)[O-])c(NCCc2nccs2)cc1F. The standard InChI is InChI=1S/C12H10FN3O4S/c13-8-6-9(14-2-1-11-15-3-4-21-11)10(16(19)20)5-7(8)12(17)18/h3-6,14H,1-2H2,(H,17,18). The molecule has 7 nitrogen and oxygen atoms in total. The van der Waals surface area contributed by atoms with Crippen molar-refractivity contribution in [3.8, 4) is 0 Å². The van der Waals surface area contributed by atoms with Gasteiger partial charge in [0.2, 0.25) is 0 Å².